The van der Waals surface area contributed by atoms with Gasteiger partial charge in [-0.15, -0.1) is 0 Å². The molecule has 0 amide bonds. The van der Waals surface area contributed by atoms with Crippen LogP contribution < -0.4 is 5.73 Å². The number of hydrogen-bond donors (Lipinski definition) is 1. The van der Waals surface area contributed by atoms with Crippen molar-refractivity contribution in [1.29, 1.82) is 0 Å². The standard InChI is InChI=1S/C10H13N/c1-2-6-10(11)9-7-4-3-5-8-9/h3-8H,2,11H2,1H3/b10-6-. The maximum absolute atomic E-state index is 5.77. The molecule has 11 heavy (non-hydrogen) atoms. The second-order valence-electron chi connectivity index (χ2n) is 2.43. The van der Waals surface area contributed by atoms with E-state index in [-0.39, 0.29) is 0 Å². The summed E-state index contributed by atoms with van der Waals surface area (Å²) in [6.07, 6.45) is 3.01. The number of nitrogens with two attached hydrogens (primary N) is 1. The highest BCUT2D eigenvalue weighted by Crippen LogP contribution is 2.07. The van der Waals surface area contributed by atoms with Crippen LogP contribution in [0, 0.1) is 0 Å². The molecule has 0 spiro atoms. The predicted molar refractivity (Wildman–Crippen MR) is 48.9 cm³/mol. The predicted octanol–water partition coefficient (Wildman–Crippen LogP) is 2.40. The van der Waals surface area contributed by atoms with Crippen LogP contribution in [0.2, 0.25) is 0 Å². The molecule has 0 aromatic heterocycles. The van der Waals surface area contributed by atoms with Gasteiger partial charge in [0, 0.05) is 5.70 Å². The molecule has 1 rings (SSSR count). The molecule has 0 aliphatic heterocycles. The Morgan fingerprint density at radius 1 is 1.36 bits per heavy atom. The highest BCUT2D eigenvalue weighted by molar-refractivity contribution is 5.62. The zero-order valence-corrected chi connectivity index (χ0v) is 6.75. The van der Waals surface area contributed by atoms with E-state index in [1.165, 1.54) is 0 Å². The fraction of sp³-hybridized carbons (Fsp3) is 0.200. The van der Waals surface area contributed by atoms with Crippen molar-refractivity contribution in [2.75, 3.05) is 0 Å². The fourth-order valence-corrected chi connectivity index (χ4v) is 0.968. The molecule has 0 atom stereocenters. The van der Waals surface area contributed by atoms with Crippen LogP contribution in [0.25, 0.3) is 5.70 Å². The zero-order chi connectivity index (χ0) is 8.10. The van der Waals surface area contributed by atoms with Gasteiger partial charge in [-0.05, 0) is 12.0 Å². The molecule has 0 bridgehead atoms. The lowest BCUT2D eigenvalue weighted by Crippen LogP contribution is -1.94. The van der Waals surface area contributed by atoms with Crippen LogP contribution in [0.15, 0.2) is 36.4 Å². The summed E-state index contributed by atoms with van der Waals surface area (Å²) in [6, 6.07) is 10.0. The van der Waals surface area contributed by atoms with E-state index in [0.29, 0.717) is 0 Å². The molecule has 0 unspecified atom stereocenters. The van der Waals surface area contributed by atoms with E-state index >= 15 is 0 Å². The highest BCUT2D eigenvalue weighted by atomic mass is 14.6. The largest absolute Gasteiger partial charge is 0.399 e. The molecule has 58 valence electrons. The second-order valence-corrected chi connectivity index (χ2v) is 2.43. The molecule has 1 aromatic carbocycles. The van der Waals surface area contributed by atoms with Gasteiger partial charge in [0.2, 0.25) is 0 Å². The maximum atomic E-state index is 5.77. The molecule has 1 heteroatoms. The topological polar surface area (TPSA) is 26.0 Å². The summed E-state index contributed by atoms with van der Waals surface area (Å²) in [5, 5.41) is 0. The van der Waals surface area contributed by atoms with Crippen molar-refractivity contribution in [2.24, 2.45) is 5.73 Å². The third-order valence-corrected chi connectivity index (χ3v) is 1.53. The van der Waals surface area contributed by atoms with Crippen molar-refractivity contribution < 1.29 is 0 Å². The lowest BCUT2D eigenvalue weighted by Gasteiger charge is -1.98. The van der Waals surface area contributed by atoms with Gasteiger partial charge in [-0.2, -0.15) is 0 Å². The van der Waals surface area contributed by atoms with Gasteiger partial charge in [-0.1, -0.05) is 43.3 Å². The van der Waals surface area contributed by atoms with E-state index in [1.807, 2.05) is 36.4 Å². The molecule has 2 N–H and O–H groups in total. The van der Waals surface area contributed by atoms with Gasteiger partial charge in [0.25, 0.3) is 0 Å². The van der Waals surface area contributed by atoms with Gasteiger partial charge in [-0.3, -0.25) is 0 Å². The smallest absolute Gasteiger partial charge is 0.0346 e. The first kappa shape index (κ1) is 7.86. The van der Waals surface area contributed by atoms with Crippen LogP contribution in [-0.4, -0.2) is 0 Å². The van der Waals surface area contributed by atoms with Crippen molar-refractivity contribution in [3.05, 3.63) is 42.0 Å². The van der Waals surface area contributed by atoms with Gasteiger partial charge in [-0.25, -0.2) is 0 Å². The molecular weight excluding hydrogens is 134 g/mol. The average molecular weight is 147 g/mol. The van der Waals surface area contributed by atoms with Crippen molar-refractivity contribution in [3.63, 3.8) is 0 Å². The molecule has 0 radical (unpaired) electrons. The normalized spacial score (nSPS) is 11.5. The molecule has 0 aliphatic rings. The SMILES string of the molecule is CC/C=C(\N)c1ccccc1. The third kappa shape index (κ3) is 2.11. The summed E-state index contributed by atoms with van der Waals surface area (Å²) in [4.78, 5) is 0. The molecule has 1 aromatic rings. The fourth-order valence-electron chi connectivity index (χ4n) is 0.968. The molecule has 0 saturated carbocycles. The van der Waals surface area contributed by atoms with Crippen molar-refractivity contribution in [2.45, 2.75) is 13.3 Å². The Kier molecular flexibility index (Phi) is 2.73. The molecule has 0 aliphatic carbocycles. The Morgan fingerprint density at radius 3 is 2.55 bits per heavy atom. The summed E-state index contributed by atoms with van der Waals surface area (Å²) in [5.74, 6) is 0. The lowest BCUT2D eigenvalue weighted by atomic mass is 10.1. The quantitative estimate of drug-likeness (QED) is 0.683. The van der Waals surface area contributed by atoms with E-state index in [0.717, 1.165) is 17.7 Å². The van der Waals surface area contributed by atoms with Gasteiger partial charge < -0.3 is 5.73 Å². The Labute approximate surface area is 67.5 Å². The first-order chi connectivity index (χ1) is 5.34. The summed E-state index contributed by atoms with van der Waals surface area (Å²) < 4.78 is 0. The van der Waals surface area contributed by atoms with Crippen LogP contribution in [0.4, 0.5) is 0 Å². The monoisotopic (exact) mass is 147 g/mol. The van der Waals surface area contributed by atoms with Crippen LogP contribution in [-0.2, 0) is 0 Å². The van der Waals surface area contributed by atoms with Crippen molar-refractivity contribution in [3.8, 4) is 0 Å². The minimum absolute atomic E-state index is 0.869. The van der Waals surface area contributed by atoms with Gasteiger partial charge in [0.15, 0.2) is 0 Å². The number of allylic oxidation sites excluding steroid dienone is 1. The van der Waals surface area contributed by atoms with E-state index in [2.05, 4.69) is 6.92 Å². The summed E-state index contributed by atoms with van der Waals surface area (Å²) in [7, 11) is 0. The molecule has 0 fully saturated rings. The van der Waals surface area contributed by atoms with Gasteiger partial charge in [0.05, 0.1) is 0 Å². The highest BCUT2D eigenvalue weighted by Gasteiger charge is 1.90. The van der Waals surface area contributed by atoms with Crippen molar-refractivity contribution in [1.82, 2.24) is 0 Å². The average Bonchev–Trinajstić information content (AvgIpc) is 2.07. The molecule has 0 saturated heterocycles. The summed E-state index contributed by atoms with van der Waals surface area (Å²) >= 11 is 0. The van der Waals surface area contributed by atoms with Crippen LogP contribution in [0.5, 0.6) is 0 Å². The number of benzene rings is 1. The van der Waals surface area contributed by atoms with Gasteiger partial charge >= 0.3 is 0 Å². The van der Waals surface area contributed by atoms with Crippen LogP contribution >= 0.6 is 0 Å². The zero-order valence-electron chi connectivity index (χ0n) is 6.75. The van der Waals surface area contributed by atoms with E-state index in [1.54, 1.807) is 0 Å². The number of rotatable bonds is 2. The van der Waals surface area contributed by atoms with Crippen molar-refractivity contribution >= 4 is 5.70 Å². The van der Waals surface area contributed by atoms with Crippen LogP contribution in [0.1, 0.15) is 18.9 Å². The first-order valence-corrected chi connectivity index (χ1v) is 3.85. The third-order valence-electron chi connectivity index (χ3n) is 1.53. The Hall–Kier alpha value is -1.24. The minimum Gasteiger partial charge on any atom is -0.399 e. The van der Waals surface area contributed by atoms with E-state index in [9.17, 15) is 0 Å². The molecule has 1 nitrogen and oxygen atoms in total. The first-order valence-electron chi connectivity index (χ1n) is 3.85. The van der Waals surface area contributed by atoms with Crippen LogP contribution in [0.3, 0.4) is 0 Å². The van der Waals surface area contributed by atoms with E-state index in [4.69, 9.17) is 5.73 Å². The summed E-state index contributed by atoms with van der Waals surface area (Å²) in [6.45, 7) is 2.08. The maximum Gasteiger partial charge on any atom is 0.0346 e. The Balaban J connectivity index is 2.85. The Bertz CT molecular complexity index is 236. The number of hydrogen-bond acceptors (Lipinski definition) is 1. The van der Waals surface area contributed by atoms with Gasteiger partial charge in [0.1, 0.15) is 0 Å². The van der Waals surface area contributed by atoms with E-state index < -0.39 is 0 Å². The molecule has 0 heterocycles. The lowest BCUT2D eigenvalue weighted by molar-refractivity contribution is 1.22. The minimum atomic E-state index is 0.869. The second kappa shape index (κ2) is 3.81. The summed E-state index contributed by atoms with van der Waals surface area (Å²) in [5.41, 5.74) is 7.74. The molecular formula is C10H13N. The Morgan fingerprint density at radius 2 is 2.00 bits per heavy atom.